The summed E-state index contributed by atoms with van der Waals surface area (Å²) in [6.07, 6.45) is 0. The number of nitrogens with one attached hydrogen (secondary N) is 1. The van der Waals surface area contributed by atoms with Crippen molar-refractivity contribution in [2.75, 3.05) is 39.3 Å². The van der Waals surface area contributed by atoms with Crippen molar-refractivity contribution in [3.63, 3.8) is 0 Å². The molecule has 3 aromatic rings. The molecule has 6 nitrogen and oxygen atoms in total. The molecule has 0 radical (unpaired) electrons. The second-order valence-electron chi connectivity index (χ2n) is 6.83. The average molecular weight is 376 g/mol. The lowest BCUT2D eigenvalue weighted by Gasteiger charge is -2.34. The summed E-state index contributed by atoms with van der Waals surface area (Å²) in [4.78, 5) is 17.0. The molecule has 1 aromatic heterocycles. The Morgan fingerprint density at radius 3 is 2.36 bits per heavy atom. The lowest BCUT2D eigenvalue weighted by atomic mass is 10.1. The van der Waals surface area contributed by atoms with E-state index in [1.165, 1.54) is 0 Å². The molecule has 0 atom stereocenters. The number of aromatic amines is 1. The first-order chi connectivity index (χ1) is 13.8. The van der Waals surface area contributed by atoms with Gasteiger partial charge in [0.05, 0.1) is 5.69 Å². The zero-order chi connectivity index (χ0) is 19.2. The summed E-state index contributed by atoms with van der Waals surface area (Å²) in [5.74, 6) is 0.902. The second kappa shape index (κ2) is 8.71. The van der Waals surface area contributed by atoms with Crippen molar-refractivity contribution >= 4 is 5.91 Å². The van der Waals surface area contributed by atoms with Gasteiger partial charge in [-0.1, -0.05) is 48.5 Å². The average Bonchev–Trinajstić information content (AvgIpc) is 3.25. The van der Waals surface area contributed by atoms with Crippen LogP contribution in [0.25, 0.3) is 11.3 Å². The van der Waals surface area contributed by atoms with Crippen LogP contribution in [-0.4, -0.2) is 65.2 Å². The van der Waals surface area contributed by atoms with Crippen LogP contribution in [0.4, 0.5) is 0 Å². The van der Waals surface area contributed by atoms with E-state index in [4.69, 9.17) is 4.74 Å². The number of hydrogen-bond donors (Lipinski definition) is 1. The molecule has 0 saturated carbocycles. The summed E-state index contributed by atoms with van der Waals surface area (Å²) in [7, 11) is 0. The van der Waals surface area contributed by atoms with E-state index >= 15 is 0 Å². The number of para-hydroxylation sites is 1. The first-order valence-corrected chi connectivity index (χ1v) is 9.60. The van der Waals surface area contributed by atoms with Gasteiger partial charge in [0.15, 0.2) is 0 Å². The maximum atomic E-state index is 12.8. The normalized spacial score (nSPS) is 14.8. The van der Waals surface area contributed by atoms with Crippen molar-refractivity contribution in [3.05, 3.63) is 72.4 Å². The van der Waals surface area contributed by atoms with Gasteiger partial charge < -0.3 is 9.64 Å². The molecule has 1 amide bonds. The monoisotopic (exact) mass is 376 g/mol. The number of H-pyrrole nitrogens is 1. The molecule has 1 fully saturated rings. The largest absolute Gasteiger partial charge is 0.492 e. The van der Waals surface area contributed by atoms with Gasteiger partial charge in [0.2, 0.25) is 0 Å². The first-order valence-electron chi connectivity index (χ1n) is 9.60. The highest BCUT2D eigenvalue weighted by atomic mass is 16.5. The van der Waals surface area contributed by atoms with Crippen molar-refractivity contribution < 1.29 is 9.53 Å². The third-order valence-corrected chi connectivity index (χ3v) is 4.96. The molecule has 0 unspecified atom stereocenters. The highest BCUT2D eigenvalue weighted by molar-refractivity contribution is 5.93. The molecule has 0 aliphatic carbocycles. The smallest absolute Gasteiger partial charge is 0.271 e. The van der Waals surface area contributed by atoms with Gasteiger partial charge in [-0.05, 0) is 18.2 Å². The van der Waals surface area contributed by atoms with Gasteiger partial charge in [-0.25, -0.2) is 0 Å². The maximum absolute atomic E-state index is 12.8. The van der Waals surface area contributed by atoms with E-state index in [1.54, 1.807) is 0 Å². The predicted molar refractivity (Wildman–Crippen MR) is 108 cm³/mol. The molecule has 0 spiro atoms. The van der Waals surface area contributed by atoms with Crippen LogP contribution < -0.4 is 4.74 Å². The summed E-state index contributed by atoms with van der Waals surface area (Å²) in [5, 5.41) is 7.18. The minimum atomic E-state index is 0.00914. The van der Waals surface area contributed by atoms with Crippen LogP contribution in [0.5, 0.6) is 5.75 Å². The van der Waals surface area contributed by atoms with Crippen molar-refractivity contribution in [3.8, 4) is 17.0 Å². The van der Waals surface area contributed by atoms with Gasteiger partial charge in [-0.3, -0.25) is 14.8 Å². The highest BCUT2D eigenvalue weighted by Gasteiger charge is 2.23. The number of amides is 1. The van der Waals surface area contributed by atoms with Crippen LogP contribution in [-0.2, 0) is 0 Å². The maximum Gasteiger partial charge on any atom is 0.271 e. The van der Waals surface area contributed by atoms with Crippen LogP contribution in [0.15, 0.2) is 66.7 Å². The van der Waals surface area contributed by atoms with Crippen LogP contribution in [0.2, 0.25) is 0 Å². The Kier molecular flexibility index (Phi) is 5.68. The molecule has 1 saturated heterocycles. The van der Waals surface area contributed by atoms with Crippen molar-refractivity contribution in [2.24, 2.45) is 0 Å². The fraction of sp³-hybridized carbons (Fsp3) is 0.273. The third-order valence-electron chi connectivity index (χ3n) is 4.96. The van der Waals surface area contributed by atoms with E-state index in [0.717, 1.165) is 36.6 Å². The quantitative estimate of drug-likeness (QED) is 0.719. The lowest BCUT2D eigenvalue weighted by Crippen LogP contribution is -2.49. The fourth-order valence-corrected chi connectivity index (χ4v) is 3.34. The second-order valence-corrected chi connectivity index (χ2v) is 6.83. The van der Waals surface area contributed by atoms with Crippen molar-refractivity contribution in [1.29, 1.82) is 0 Å². The molecular formula is C22H24N4O2. The molecule has 1 N–H and O–H groups in total. The van der Waals surface area contributed by atoms with E-state index in [9.17, 15) is 4.79 Å². The number of rotatable bonds is 6. The minimum absolute atomic E-state index is 0.00914. The fourth-order valence-electron chi connectivity index (χ4n) is 3.34. The van der Waals surface area contributed by atoms with E-state index in [0.29, 0.717) is 25.4 Å². The van der Waals surface area contributed by atoms with Crippen LogP contribution >= 0.6 is 0 Å². The number of piperazine rings is 1. The first kappa shape index (κ1) is 18.3. The Hall–Kier alpha value is -3.12. The van der Waals surface area contributed by atoms with Gasteiger partial charge >= 0.3 is 0 Å². The number of carbonyl (C=O) groups excluding carboxylic acids is 1. The number of benzene rings is 2. The van der Waals surface area contributed by atoms with Gasteiger partial charge in [-0.2, -0.15) is 5.10 Å². The van der Waals surface area contributed by atoms with Gasteiger partial charge in [0.1, 0.15) is 18.1 Å². The third kappa shape index (κ3) is 4.40. The van der Waals surface area contributed by atoms with E-state index in [1.807, 2.05) is 71.6 Å². The van der Waals surface area contributed by atoms with E-state index in [-0.39, 0.29) is 5.91 Å². The van der Waals surface area contributed by atoms with Crippen LogP contribution in [0, 0.1) is 0 Å². The minimum Gasteiger partial charge on any atom is -0.492 e. The summed E-state index contributed by atoms with van der Waals surface area (Å²) in [6, 6.07) is 21.5. The molecule has 1 aliphatic heterocycles. The standard InChI is InChI=1S/C22H24N4O2/c27-22(21-17-20(23-24-21)18-7-3-1-4-8-18)26-13-11-25(12-14-26)15-16-28-19-9-5-2-6-10-19/h1-10,17H,11-16H2,(H,23,24). The predicted octanol–water partition coefficient (Wildman–Crippen LogP) is 2.91. The SMILES string of the molecule is O=C(c1cc(-c2ccccc2)n[nH]1)N1CCN(CCOc2ccccc2)CC1. The summed E-state index contributed by atoms with van der Waals surface area (Å²) in [6.45, 7) is 4.64. The summed E-state index contributed by atoms with van der Waals surface area (Å²) in [5.41, 5.74) is 2.33. The van der Waals surface area contributed by atoms with Gasteiger partial charge in [0, 0.05) is 38.3 Å². The van der Waals surface area contributed by atoms with E-state index < -0.39 is 0 Å². The highest BCUT2D eigenvalue weighted by Crippen LogP contribution is 2.18. The number of nitrogens with zero attached hydrogens (tertiary/aromatic N) is 3. The summed E-state index contributed by atoms with van der Waals surface area (Å²) >= 11 is 0. The molecule has 2 heterocycles. The Balaban J connectivity index is 1.26. The topological polar surface area (TPSA) is 61.5 Å². The molecule has 28 heavy (non-hydrogen) atoms. The number of aromatic nitrogens is 2. The van der Waals surface area contributed by atoms with Crippen molar-refractivity contribution in [1.82, 2.24) is 20.0 Å². The van der Waals surface area contributed by atoms with Crippen LogP contribution in [0.3, 0.4) is 0 Å². The van der Waals surface area contributed by atoms with Gasteiger partial charge in [-0.15, -0.1) is 0 Å². The van der Waals surface area contributed by atoms with Crippen molar-refractivity contribution in [2.45, 2.75) is 0 Å². The molecule has 2 aromatic carbocycles. The summed E-state index contributed by atoms with van der Waals surface area (Å²) < 4.78 is 5.76. The molecule has 6 heteroatoms. The Bertz CT molecular complexity index is 887. The molecule has 1 aliphatic rings. The number of hydrogen-bond acceptors (Lipinski definition) is 4. The van der Waals surface area contributed by atoms with E-state index in [2.05, 4.69) is 15.1 Å². The Morgan fingerprint density at radius 1 is 0.964 bits per heavy atom. The zero-order valence-corrected chi connectivity index (χ0v) is 15.8. The lowest BCUT2D eigenvalue weighted by molar-refractivity contribution is 0.0614. The molecular weight excluding hydrogens is 352 g/mol. The molecule has 4 rings (SSSR count). The Labute approximate surface area is 164 Å². The number of ether oxygens (including phenoxy) is 1. The molecule has 0 bridgehead atoms. The Morgan fingerprint density at radius 2 is 1.64 bits per heavy atom. The molecule has 144 valence electrons. The zero-order valence-electron chi connectivity index (χ0n) is 15.8. The van der Waals surface area contributed by atoms with Gasteiger partial charge in [0.25, 0.3) is 5.91 Å². The number of carbonyl (C=O) groups is 1. The van der Waals surface area contributed by atoms with Crippen LogP contribution in [0.1, 0.15) is 10.5 Å².